The molecule has 0 bridgehead atoms. The highest BCUT2D eigenvalue weighted by Crippen LogP contribution is 2.10. The van der Waals surface area contributed by atoms with Crippen LogP contribution in [0.2, 0.25) is 0 Å². The molecule has 0 atom stereocenters. The lowest BCUT2D eigenvalue weighted by Crippen LogP contribution is -1.77. The molecule has 0 aliphatic rings. The van der Waals surface area contributed by atoms with Crippen LogP contribution in [-0.2, 0) is 0 Å². The van der Waals surface area contributed by atoms with E-state index in [-0.39, 0.29) is 0 Å². The quantitative estimate of drug-likeness (QED) is 0.432. The third-order valence-corrected chi connectivity index (χ3v) is 1.26. The Hall–Kier alpha value is -0.560. The van der Waals surface area contributed by atoms with Crippen molar-refractivity contribution in [3.63, 3.8) is 0 Å². The minimum Gasteiger partial charge on any atom is -0.265 e. The Morgan fingerprint density at radius 1 is 1.40 bits per heavy atom. The molecule has 0 amide bonds. The lowest BCUT2D eigenvalue weighted by atomic mass is 10.3. The molecule has 0 N–H and O–H groups in total. The van der Waals surface area contributed by atoms with Gasteiger partial charge in [0.05, 0.1) is 5.03 Å². The molecule has 0 aromatic carbocycles. The SMILES string of the molecule is C=C(C)/C(Cl)=C\N=C(C)C. The van der Waals surface area contributed by atoms with E-state index in [0.717, 1.165) is 11.3 Å². The Labute approximate surface area is 67.1 Å². The first-order valence-corrected chi connectivity index (χ1v) is 3.44. The van der Waals surface area contributed by atoms with E-state index in [1.54, 1.807) is 6.20 Å². The zero-order valence-corrected chi connectivity index (χ0v) is 7.37. The van der Waals surface area contributed by atoms with Gasteiger partial charge in [-0.2, -0.15) is 0 Å². The molecule has 0 heterocycles. The summed E-state index contributed by atoms with van der Waals surface area (Å²) in [6, 6.07) is 0. The van der Waals surface area contributed by atoms with Gasteiger partial charge in [0.2, 0.25) is 0 Å². The van der Waals surface area contributed by atoms with Gasteiger partial charge in [-0.15, -0.1) is 0 Å². The first kappa shape index (κ1) is 9.44. The van der Waals surface area contributed by atoms with Gasteiger partial charge < -0.3 is 0 Å². The van der Waals surface area contributed by atoms with Crippen LogP contribution >= 0.6 is 11.6 Å². The molecule has 56 valence electrons. The van der Waals surface area contributed by atoms with Crippen molar-refractivity contribution >= 4 is 17.3 Å². The van der Waals surface area contributed by atoms with E-state index in [9.17, 15) is 0 Å². The molecular weight excluding hydrogens is 146 g/mol. The Bertz CT molecular complexity index is 185. The van der Waals surface area contributed by atoms with Crippen LogP contribution in [0, 0.1) is 0 Å². The van der Waals surface area contributed by atoms with Gasteiger partial charge in [0.25, 0.3) is 0 Å². The molecule has 0 aliphatic carbocycles. The van der Waals surface area contributed by atoms with E-state index in [1.165, 1.54) is 0 Å². The largest absolute Gasteiger partial charge is 0.265 e. The monoisotopic (exact) mass is 157 g/mol. The van der Waals surface area contributed by atoms with Gasteiger partial charge in [-0.3, -0.25) is 4.99 Å². The fraction of sp³-hybridized carbons (Fsp3) is 0.375. The van der Waals surface area contributed by atoms with Crippen molar-refractivity contribution in [1.29, 1.82) is 0 Å². The molecule has 0 spiro atoms. The maximum absolute atomic E-state index is 5.71. The van der Waals surface area contributed by atoms with Crippen LogP contribution in [0.1, 0.15) is 20.8 Å². The van der Waals surface area contributed by atoms with Gasteiger partial charge in [0.1, 0.15) is 0 Å². The molecule has 1 nitrogen and oxygen atoms in total. The Morgan fingerprint density at radius 3 is 2.20 bits per heavy atom. The van der Waals surface area contributed by atoms with Gasteiger partial charge in [0.15, 0.2) is 0 Å². The molecule has 0 unspecified atom stereocenters. The molecule has 0 saturated heterocycles. The first-order chi connectivity index (χ1) is 4.54. The van der Waals surface area contributed by atoms with E-state index in [0.29, 0.717) is 5.03 Å². The summed E-state index contributed by atoms with van der Waals surface area (Å²) in [5, 5.41) is 0.612. The van der Waals surface area contributed by atoms with E-state index in [1.807, 2.05) is 20.8 Å². The summed E-state index contributed by atoms with van der Waals surface area (Å²) < 4.78 is 0. The Balaban J connectivity index is 4.19. The summed E-state index contributed by atoms with van der Waals surface area (Å²) in [6.45, 7) is 9.34. The number of allylic oxidation sites excluding steroid dienone is 2. The van der Waals surface area contributed by atoms with Gasteiger partial charge in [-0.1, -0.05) is 18.2 Å². The zero-order valence-electron chi connectivity index (χ0n) is 6.61. The Morgan fingerprint density at radius 2 is 1.90 bits per heavy atom. The average molecular weight is 158 g/mol. The third-order valence-electron chi connectivity index (χ3n) is 0.844. The smallest absolute Gasteiger partial charge is 0.0611 e. The molecule has 0 saturated carbocycles. The summed E-state index contributed by atoms with van der Waals surface area (Å²) in [4.78, 5) is 4.01. The van der Waals surface area contributed by atoms with E-state index in [2.05, 4.69) is 11.6 Å². The van der Waals surface area contributed by atoms with Crippen LogP contribution < -0.4 is 0 Å². The molecule has 2 heteroatoms. The summed E-state index contributed by atoms with van der Waals surface area (Å²) in [6.07, 6.45) is 1.61. The van der Waals surface area contributed by atoms with Gasteiger partial charge in [-0.25, -0.2) is 0 Å². The molecule has 0 fully saturated rings. The maximum atomic E-state index is 5.71. The fourth-order valence-electron chi connectivity index (χ4n) is 0.296. The number of halogens is 1. The van der Waals surface area contributed by atoms with Crippen LogP contribution in [0.4, 0.5) is 0 Å². The van der Waals surface area contributed by atoms with Crippen molar-refractivity contribution in [3.8, 4) is 0 Å². The third kappa shape index (κ3) is 4.33. The lowest BCUT2D eigenvalue weighted by Gasteiger charge is -1.91. The second-order valence-corrected chi connectivity index (χ2v) is 2.74. The molecule has 10 heavy (non-hydrogen) atoms. The summed E-state index contributed by atoms with van der Waals surface area (Å²) >= 11 is 5.71. The van der Waals surface area contributed by atoms with Crippen LogP contribution in [0.3, 0.4) is 0 Å². The molecule has 0 aromatic rings. The highest BCUT2D eigenvalue weighted by molar-refractivity contribution is 6.31. The van der Waals surface area contributed by atoms with Crippen molar-refractivity contribution in [2.75, 3.05) is 0 Å². The molecule has 0 radical (unpaired) electrons. The highest BCUT2D eigenvalue weighted by Gasteiger charge is 1.88. The predicted octanol–water partition coefficient (Wildman–Crippen LogP) is 3.12. The summed E-state index contributed by atoms with van der Waals surface area (Å²) in [5.74, 6) is 0. The summed E-state index contributed by atoms with van der Waals surface area (Å²) in [7, 11) is 0. The van der Waals surface area contributed by atoms with Crippen molar-refractivity contribution < 1.29 is 0 Å². The van der Waals surface area contributed by atoms with Gasteiger partial charge in [-0.05, 0) is 26.3 Å². The highest BCUT2D eigenvalue weighted by atomic mass is 35.5. The van der Waals surface area contributed by atoms with Crippen LogP contribution in [0.15, 0.2) is 28.4 Å². The number of rotatable bonds is 2. The number of aliphatic imine (C=N–C) groups is 1. The lowest BCUT2D eigenvalue weighted by molar-refractivity contribution is 1.43. The van der Waals surface area contributed by atoms with Crippen LogP contribution in [-0.4, -0.2) is 5.71 Å². The topological polar surface area (TPSA) is 12.4 Å². The molecular formula is C8H12ClN. The first-order valence-electron chi connectivity index (χ1n) is 3.06. The van der Waals surface area contributed by atoms with Crippen LogP contribution in [0.25, 0.3) is 0 Å². The van der Waals surface area contributed by atoms with E-state index < -0.39 is 0 Å². The zero-order chi connectivity index (χ0) is 8.15. The van der Waals surface area contributed by atoms with E-state index in [4.69, 9.17) is 11.6 Å². The summed E-state index contributed by atoms with van der Waals surface area (Å²) in [5.41, 5.74) is 1.83. The van der Waals surface area contributed by atoms with Crippen molar-refractivity contribution in [2.45, 2.75) is 20.8 Å². The maximum Gasteiger partial charge on any atom is 0.0611 e. The molecule has 0 aliphatic heterocycles. The predicted molar refractivity (Wildman–Crippen MR) is 47.5 cm³/mol. The number of hydrogen-bond acceptors (Lipinski definition) is 1. The van der Waals surface area contributed by atoms with E-state index >= 15 is 0 Å². The Kier molecular flexibility index (Phi) is 4.05. The number of nitrogens with zero attached hydrogens (tertiary/aromatic N) is 1. The van der Waals surface area contributed by atoms with Crippen molar-refractivity contribution in [2.24, 2.45) is 4.99 Å². The molecule has 0 rings (SSSR count). The van der Waals surface area contributed by atoms with Crippen molar-refractivity contribution in [3.05, 3.63) is 23.4 Å². The van der Waals surface area contributed by atoms with Gasteiger partial charge >= 0.3 is 0 Å². The van der Waals surface area contributed by atoms with Gasteiger partial charge in [0, 0.05) is 11.9 Å². The normalized spacial score (nSPS) is 11.0. The second kappa shape index (κ2) is 4.29. The number of hydrogen-bond donors (Lipinski definition) is 0. The fourth-order valence-corrected chi connectivity index (χ4v) is 0.345. The average Bonchev–Trinajstić information content (AvgIpc) is 1.82. The minimum atomic E-state index is 0.612. The minimum absolute atomic E-state index is 0.612. The van der Waals surface area contributed by atoms with Crippen molar-refractivity contribution in [1.82, 2.24) is 0 Å². The second-order valence-electron chi connectivity index (χ2n) is 2.33. The standard InChI is InChI=1S/C8H12ClN/c1-6(2)8(9)5-10-7(3)4/h5H,1H2,2-4H3/b8-5+. The van der Waals surface area contributed by atoms with Crippen LogP contribution in [0.5, 0.6) is 0 Å². The molecule has 0 aromatic heterocycles.